The van der Waals surface area contributed by atoms with Gasteiger partial charge < -0.3 is 10.1 Å². The maximum Gasteiger partial charge on any atom is 0.338 e. The van der Waals surface area contributed by atoms with Crippen LogP contribution in [0.5, 0.6) is 0 Å². The zero-order valence-electron chi connectivity index (χ0n) is 17.2. The largest absolute Gasteiger partial charge is 0.452 e. The molecule has 0 radical (unpaired) electrons. The van der Waals surface area contributed by atoms with Gasteiger partial charge in [0, 0.05) is 0 Å². The number of hydrogen-bond acceptors (Lipinski definition) is 5. The van der Waals surface area contributed by atoms with Crippen LogP contribution in [0.1, 0.15) is 23.2 Å². The maximum absolute atomic E-state index is 12.9. The van der Waals surface area contributed by atoms with Crippen molar-refractivity contribution in [3.63, 3.8) is 0 Å². The van der Waals surface area contributed by atoms with E-state index in [-0.39, 0.29) is 33.8 Å². The number of hydrogen-bond donors (Lipinski definition) is 1. The molecule has 1 N–H and O–H groups in total. The van der Waals surface area contributed by atoms with E-state index in [2.05, 4.69) is 5.32 Å². The quantitative estimate of drug-likeness (QED) is 0.370. The molecular formula is C23H19Cl3N2O5. The lowest BCUT2D eigenvalue weighted by Gasteiger charge is -2.28. The molecule has 4 atom stereocenters. The zero-order chi connectivity index (χ0) is 23.7. The van der Waals surface area contributed by atoms with E-state index in [1.807, 2.05) is 0 Å². The van der Waals surface area contributed by atoms with Crippen molar-refractivity contribution in [2.24, 2.45) is 11.8 Å². The number of rotatable bonds is 5. The highest BCUT2D eigenvalue weighted by Crippen LogP contribution is 2.43. The highest BCUT2D eigenvalue weighted by Gasteiger charge is 2.52. The van der Waals surface area contributed by atoms with Crippen LogP contribution in [-0.2, 0) is 19.1 Å². The van der Waals surface area contributed by atoms with E-state index in [0.29, 0.717) is 23.6 Å². The van der Waals surface area contributed by atoms with Gasteiger partial charge in [-0.15, -0.1) is 23.2 Å². The summed E-state index contributed by atoms with van der Waals surface area (Å²) in [7, 11) is 0. The van der Waals surface area contributed by atoms with Crippen LogP contribution in [0.2, 0.25) is 5.02 Å². The van der Waals surface area contributed by atoms with E-state index in [1.165, 1.54) is 18.2 Å². The number of nitrogens with one attached hydrogen (secondary N) is 1. The normalized spacial score (nSPS) is 24.4. The molecule has 7 nitrogen and oxygen atoms in total. The summed E-state index contributed by atoms with van der Waals surface area (Å²) in [6.45, 7) is -0.534. The van der Waals surface area contributed by atoms with E-state index in [4.69, 9.17) is 39.5 Å². The van der Waals surface area contributed by atoms with Crippen molar-refractivity contribution in [1.29, 1.82) is 0 Å². The number of esters is 1. The second-order valence-corrected chi connectivity index (χ2v) is 9.41. The van der Waals surface area contributed by atoms with Crippen molar-refractivity contribution in [3.8, 4) is 0 Å². The summed E-state index contributed by atoms with van der Waals surface area (Å²) in [6, 6.07) is 12.6. The molecule has 2 aromatic rings. The molecule has 1 saturated heterocycles. The fourth-order valence-corrected chi connectivity index (χ4v) is 4.86. The first-order chi connectivity index (χ1) is 15.8. The predicted octanol–water partition coefficient (Wildman–Crippen LogP) is 4.25. The van der Waals surface area contributed by atoms with Crippen LogP contribution in [0.25, 0.3) is 0 Å². The number of benzene rings is 2. The monoisotopic (exact) mass is 508 g/mol. The molecule has 2 aliphatic rings. The van der Waals surface area contributed by atoms with Gasteiger partial charge in [0.25, 0.3) is 5.91 Å². The van der Waals surface area contributed by atoms with Gasteiger partial charge in [0.1, 0.15) is 0 Å². The number of amides is 3. The number of halogens is 3. The number of imide groups is 1. The van der Waals surface area contributed by atoms with Crippen LogP contribution in [0.15, 0.2) is 48.5 Å². The smallest absolute Gasteiger partial charge is 0.338 e. The van der Waals surface area contributed by atoms with E-state index < -0.39 is 30.3 Å². The number of ether oxygens (including phenoxy) is 1. The van der Waals surface area contributed by atoms with Crippen molar-refractivity contribution in [3.05, 3.63) is 59.1 Å². The summed E-state index contributed by atoms with van der Waals surface area (Å²) in [5.41, 5.74) is 0.749. The van der Waals surface area contributed by atoms with Crippen LogP contribution in [0.4, 0.5) is 11.4 Å². The van der Waals surface area contributed by atoms with Gasteiger partial charge in [-0.05, 0) is 43.2 Å². The third kappa shape index (κ3) is 4.86. The predicted molar refractivity (Wildman–Crippen MR) is 125 cm³/mol. The Balaban J connectivity index is 1.43. The molecule has 3 amide bonds. The fourth-order valence-electron chi connectivity index (χ4n) is 4.08. The molecule has 2 fully saturated rings. The summed E-state index contributed by atoms with van der Waals surface area (Å²) in [5.74, 6) is -3.11. The van der Waals surface area contributed by atoms with Crippen molar-refractivity contribution in [1.82, 2.24) is 0 Å². The second-order valence-electron chi connectivity index (χ2n) is 7.88. The molecule has 1 saturated carbocycles. The molecular weight excluding hydrogens is 491 g/mol. The number of anilines is 2. The summed E-state index contributed by atoms with van der Waals surface area (Å²) in [6.07, 6.45) is 0.646. The molecule has 0 unspecified atom stereocenters. The Morgan fingerprint density at radius 3 is 2.24 bits per heavy atom. The molecule has 1 heterocycles. The molecule has 10 heteroatoms. The first-order valence-corrected chi connectivity index (χ1v) is 11.5. The van der Waals surface area contributed by atoms with Gasteiger partial charge in [-0.3, -0.25) is 19.3 Å². The molecule has 4 rings (SSSR count). The van der Waals surface area contributed by atoms with Gasteiger partial charge in [0.15, 0.2) is 6.61 Å². The number of carbonyl (C=O) groups excluding carboxylic acids is 4. The van der Waals surface area contributed by atoms with Crippen molar-refractivity contribution >= 4 is 69.9 Å². The van der Waals surface area contributed by atoms with Crippen LogP contribution >= 0.6 is 34.8 Å². The maximum atomic E-state index is 12.9. The number of carbonyl (C=O) groups is 4. The van der Waals surface area contributed by atoms with Gasteiger partial charge in [0.2, 0.25) is 11.8 Å². The van der Waals surface area contributed by atoms with E-state index >= 15 is 0 Å². The average molecular weight is 510 g/mol. The summed E-state index contributed by atoms with van der Waals surface area (Å²) in [5, 5.41) is 2.13. The second kappa shape index (κ2) is 9.71. The molecule has 0 spiro atoms. The lowest BCUT2D eigenvalue weighted by molar-refractivity contribution is -0.122. The summed E-state index contributed by atoms with van der Waals surface area (Å²) in [4.78, 5) is 51.5. The Morgan fingerprint density at radius 2 is 1.61 bits per heavy atom. The number of para-hydroxylation sites is 1. The number of fused-ring (bicyclic) bond motifs is 1. The minimum Gasteiger partial charge on any atom is -0.452 e. The zero-order valence-corrected chi connectivity index (χ0v) is 19.4. The number of alkyl halides is 2. The third-order valence-corrected chi connectivity index (χ3v) is 7.16. The van der Waals surface area contributed by atoms with Gasteiger partial charge >= 0.3 is 5.97 Å². The van der Waals surface area contributed by atoms with Crippen molar-refractivity contribution in [2.45, 2.75) is 23.6 Å². The van der Waals surface area contributed by atoms with Gasteiger partial charge in [-0.2, -0.15) is 0 Å². The molecule has 1 aliphatic heterocycles. The van der Waals surface area contributed by atoms with E-state index in [0.717, 1.165) is 4.90 Å². The Bertz CT molecular complexity index is 1100. The van der Waals surface area contributed by atoms with Crippen LogP contribution in [-0.4, -0.2) is 41.1 Å². The highest BCUT2D eigenvalue weighted by molar-refractivity contribution is 6.33. The van der Waals surface area contributed by atoms with E-state index in [9.17, 15) is 19.2 Å². The average Bonchev–Trinajstić information content (AvgIpc) is 3.03. The molecule has 33 heavy (non-hydrogen) atoms. The van der Waals surface area contributed by atoms with Crippen LogP contribution in [0.3, 0.4) is 0 Å². The minimum absolute atomic E-state index is 0.0963. The van der Waals surface area contributed by atoms with E-state index in [1.54, 1.807) is 30.3 Å². The van der Waals surface area contributed by atoms with Crippen molar-refractivity contribution < 1.29 is 23.9 Å². The van der Waals surface area contributed by atoms with Gasteiger partial charge in [-0.25, -0.2) is 4.79 Å². The molecule has 172 valence electrons. The number of nitrogens with zero attached hydrogens (tertiary/aromatic N) is 1. The van der Waals surface area contributed by atoms with Crippen LogP contribution < -0.4 is 10.2 Å². The van der Waals surface area contributed by atoms with Gasteiger partial charge in [0.05, 0.1) is 44.6 Å². The van der Waals surface area contributed by atoms with Crippen molar-refractivity contribution in [2.75, 3.05) is 16.8 Å². The summed E-state index contributed by atoms with van der Waals surface area (Å²) < 4.78 is 5.08. The lowest BCUT2D eigenvalue weighted by atomic mass is 9.80. The topological polar surface area (TPSA) is 92.8 Å². The third-order valence-electron chi connectivity index (χ3n) is 5.73. The molecule has 0 bridgehead atoms. The highest BCUT2D eigenvalue weighted by atomic mass is 35.5. The Morgan fingerprint density at radius 1 is 0.970 bits per heavy atom. The summed E-state index contributed by atoms with van der Waals surface area (Å²) >= 11 is 18.4. The first-order valence-electron chi connectivity index (χ1n) is 10.2. The molecule has 0 aromatic heterocycles. The Labute approximate surface area is 204 Å². The Hall–Kier alpha value is -2.61. The minimum atomic E-state index is -0.774. The SMILES string of the molecule is O=C(COC(=O)c1cccc(N2C(=O)[C@H]3C[C@@H](Cl)[C@@H](Cl)C[C@H]3C2=O)c1)Nc1ccccc1Cl. The fraction of sp³-hybridized carbons (Fsp3) is 0.304. The standard InChI is InChI=1S/C23H19Cl3N2O5/c24-16-6-1-2-7-19(16)27-20(29)11-33-23(32)12-4-3-5-13(8-12)28-21(30)14-9-17(25)18(26)10-15(14)22(28)31/h1-8,14-15,17-18H,9-11H2,(H,27,29)/t14-,15+,17+,18-. The van der Waals surface area contributed by atoms with Crippen LogP contribution in [0, 0.1) is 11.8 Å². The molecule has 1 aliphatic carbocycles. The van der Waals surface area contributed by atoms with Gasteiger partial charge in [-0.1, -0.05) is 29.8 Å². The first kappa shape index (κ1) is 23.5. The molecule has 2 aromatic carbocycles. The Kier molecular flexibility index (Phi) is 6.93. The lowest BCUT2D eigenvalue weighted by Crippen LogP contribution is -2.34.